The lowest BCUT2D eigenvalue weighted by atomic mass is 10.1. The van der Waals surface area contributed by atoms with Gasteiger partial charge >= 0.3 is 5.97 Å². The van der Waals surface area contributed by atoms with E-state index < -0.39 is 5.97 Å². The van der Waals surface area contributed by atoms with E-state index in [9.17, 15) is 4.79 Å². The zero-order valence-corrected chi connectivity index (χ0v) is 12.0. The first kappa shape index (κ1) is 15.2. The first-order valence-corrected chi connectivity index (χ1v) is 6.53. The zero-order valence-electron chi connectivity index (χ0n) is 12.0. The number of benzene rings is 2. The van der Waals surface area contributed by atoms with Crippen molar-refractivity contribution < 1.29 is 14.3 Å². The third-order valence-electron chi connectivity index (χ3n) is 2.82. The van der Waals surface area contributed by atoms with Gasteiger partial charge in [-0.15, -0.1) is 0 Å². The van der Waals surface area contributed by atoms with Gasteiger partial charge in [0, 0.05) is 11.5 Å². The molecule has 108 valence electrons. The average Bonchev–Trinajstić information content (AvgIpc) is 2.58. The minimum absolute atomic E-state index is 0.0889. The number of methoxy groups -OCH3 is 1. The minimum Gasteiger partial charge on any atom is -0.497 e. The maximum Gasteiger partial charge on any atom is 0.385 e. The van der Waals surface area contributed by atoms with Crippen LogP contribution >= 0.6 is 0 Å². The molecule has 0 aliphatic heterocycles. The number of esters is 1. The highest BCUT2D eigenvalue weighted by molar-refractivity contribution is 5.89. The summed E-state index contributed by atoms with van der Waals surface area (Å²) in [6.45, 7) is 0.0889. The lowest BCUT2D eigenvalue weighted by Crippen LogP contribution is -2.01. The molecule has 4 heteroatoms. The zero-order chi connectivity index (χ0) is 15.8. The molecule has 2 aromatic rings. The van der Waals surface area contributed by atoms with Gasteiger partial charge in [-0.3, -0.25) is 0 Å². The number of hydrogen-bond acceptors (Lipinski definition) is 4. The fourth-order valence-corrected chi connectivity index (χ4v) is 1.71. The van der Waals surface area contributed by atoms with Crippen LogP contribution in [0.4, 0.5) is 0 Å². The Morgan fingerprint density at radius 3 is 2.59 bits per heavy atom. The first-order chi connectivity index (χ1) is 10.7. The Balaban J connectivity index is 1.93. The molecule has 0 heterocycles. The van der Waals surface area contributed by atoms with Crippen LogP contribution in [0.1, 0.15) is 16.7 Å². The lowest BCUT2D eigenvalue weighted by molar-refractivity contribution is -0.137. The molecule has 0 N–H and O–H groups in total. The van der Waals surface area contributed by atoms with Gasteiger partial charge in [0.15, 0.2) is 0 Å². The summed E-state index contributed by atoms with van der Waals surface area (Å²) in [6.07, 6.45) is 0. The highest BCUT2D eigenvalue weighted by Crippen LogP contribution is 2.10. The van der Waals surface area contributed by atoms with E-state index in [0.717, 1.165) is 11.3 Å². The van der Waals surface area contributed by atoms with Crippen molar-refractivity contribution >= 4 is 5.97 Å². The van der Waals surface area contributed by atoms with Crippen molar-refractivity contribution in [3.8, 4) is 23.7 Å². The highest BCUT2D eigenvalue weighted by Gasteiger charge is 2.00. The fraction of sp³-hybridized carbons (Fsp3) is 0.111. The van der Waals surface area contributed by atoms with E-state index >= 15 is 0 Å². The maximum absolute atomic E-state index is 11.6. The average molecular weight is 291 g/mol. The molecule has 0 aliphatic rings. The molecule has 0 bridgehead atoms. The van der Waals surface area contributed by atoms with Crippen LogP contribution in [0, 0.1) is 23.2 Å². The number of carbonyl (C=O) groups excluding carboxylic acids is 1. The topological polar surface area (TPSA) is 59.3 Å². The molecule has 0 fully saturated rings. The van der Waals surface area contributed by atoms with Gasteiger partial charge < -0.3 is 9.47 Å². The summed E-state index contributed by atoms with van der Waals surface area (Å²) >= 11 is 0. The molecule has 0 spiro atoms. The van der Waals surface area contributed by atoms with Crippen molar-refractivity contribution in [3.05, 3.63) is 65.2 Å². The number of rotatable bonds is 3. The van der Waals surface area contributed by atoms with E-state index in [1.54, 1.807) is 55.6 Å². The van der Waals surface area contributed by atoms with Crippen LogP contribution in [0.25, 0.3) is 0 Å². The van der Waals surface area contributed by atoms with Crippen LogP contribution in [0.5, 0.6) is 5.75 Å². The van der Waals surface area contributed by atoms with Crippen molar-refractivity contribution in [2.75, 3.05) is 7.11 Å². The van der Waals surface area contributed by atoms with Gasteiger partial charge in [0.1, 0.15) is 12.4 Å². The van der Waals surface area contributed by atoms with Crippen molar-refractivity contribution in [3.63, 3.8) is 0 Å². The van der Waals surface area contributed by atoms with Crippen LogP contribution < -0.4 is 4.74 Å². The summed E-state index contributed by atoms with van der Waals surface area (Å²) in [5, 5.41) is 8.80. The summed E-state index contributed by atoms with van der Waals surface area (Å²) in [5.74, 6) is 5.25. The molecule has 0 amide bonds. The number of ether oxygens (including phenoxy) is 2. The van der Waals surface area contributed by atoms with Gasteiger partial charge in [0.05, 0.1) is 18.7 Å². The van der Waals surface area contributed by atoms with Crippen LogP contribution in [0.3, 0.4) is 0 Å². The maximum atomic E-state index is 11.6. The van der Waals surface area contributed by atoms with Crippen molar-refractivity contribution in [2.45, 2.75) is 6.61 Å². The second-order valence-electron chi connectivity index (χ2n) is 4.37. The Labute approximate surface area is 128 Å². The van der Waals surface area contributed by atoms with E-state index in [-0.39, 0.29) is 6.61 Å². The van der Waals surface area contributed by atoms with Gasteiger partial charge in [-0.25, -0.2) is 4.79 Å². The summed E-state index contributed by atoms with van der Waals surface area (Å²) in [7, 11) is 1.58. The molecular weight excluding hydrogens is 278 g/mol. The Morgan fingerprint density at radius 1 is 1.14 bits per heavy atom. The molecule has 0 unspecified atom stereocenters. The molecule has 0 radical (unpaired) electrons. The summed E-state index contributed by atoms with van der Waals surface area (Å²) in [5.41, 5.74) is 1.97. The van der Waals surface area contributed by atoms with Crippen LogP contribution in [0.15, 0.2) is 48.5 Å². The van der Waals surface area contributed by atoms with Gasteiger partial charge in [0.25, 0.3) is 0 Å². The normalized spacial score (nSPS) is 9.09. The molecule has 0 atom stereocenters. The highest BCUT2D eigenvalue weighted by atomic mass is 16.5. The second-order valence-corrected chi connectivity index (χ2v) is 4.37. The molecule has 0 aliphatic carbocycles. The van der Waals surface area contributed by atoms with E-state index in [2.05, 4.69) is 11.8 Å². The van der Waals surface area contributed by atoms with E-state index in [4.69, 9.17) is 14.7 Å². The fourth-order valence-electron chi connectivity index (χ4n) is 1.71. The van der Waals surface area contributed by atoms with Gasteiger partial charge in [-0.05, 0) is 42.0 Å². The molecule has 22 heavy (non-hydrogen) atoms. The second kappa shape index (κ2) is 7.52. The van der Waals surface area contributed by atoms with Crippen molar-refractivity contribution in [1.82, 2.24) is 0 Å². The third kappa shape index (κ3) is 4.40. The molecule has 2 aromatic carbocycles. The SMILES string of the molecule is COc1ccc(C#CC(=O)OCc2cccc(C#N)c2)cc1. The monoisotopic (exact) mass is 291 g/mol. The lowest BCUT2D eigenvalue weighted by Gasteiger charge is -2.01. The largest absolute Gasteiger partial charge is 0.497 e. The molecule has 0 saturated carbocycles. The number of carbonyl (C=O) groups is 1. The standard InChI is InChI=1S/C18H13NO3/c1-21-17-8-5-14(6-9-17)7-10-18(20)22-13-16-4-2-3-15(11-16)12-19/h2-6,8-9,11H,13H2,1H3. The predicted molar refractivity (Wildman–Crippen MR) is 80.8 cm³/mol. The van der Waals surface area contributed by atoms with Gasteiger partial charge in [0.2, 0.25) is 0 Å². The number of nitrogens with zero attached hydrogens (tertiary/aromatic N) is 1. The Bertz CT molecular complexity index is 761. The van der Waals surface area contributed by atoms with Crippen molar-refractivity contribution in [2.24, 2.45) is 0 Å². The molecule has 2 rings (SSSR count). The number of nitriles is 1. The summed E-state index contributed by atoms with van der Waals surface area (Å²) in [4.78, 5) is 11.6. The van der Waals surface area contributed by atoms with Crippen LogP contribution in [0.2, 0.25) is 0 Å². The van der Waals surface area contributed by atoms with Gasteiger partial charge in [-0.2, -0.15) is 5.26 Å². The molecule has 4 nitrogen and oxygen atoms in total. The van der Waals surface area contributed by atoms with Crippen LogP contribution in [-0.2, 0) is 16.1 Å². The number of hydrogen-bond donors (Lipinski definition) is 0. The molecule has 0 saturated heterocycles. The quantitative estimate of drug-likeness (QED) is 0.644. The Hall–Kier alpha value is -3.24. The third-order valence-corrected chi connectivity index (χ3v) is 2.82. The van der Waals surface area contributed by atoms with E-state index in [1.807, 2.05) is 6.07 Å². The Morgan fingerprint density at radius 2 is 1.91 bits per heavy atom. The minimum atomic E-state index is -0.613. The van der Waals surface area contributed by atoms with Crippen LogP contribution in [-0.4, -0.2) is 13.1 Å². The molecular formula is C18H13NO3. The van der Waals surface area contributed by atoms with Gasteiger partial charge in [-0.1, -0.05) is 18.1 Å². The summed E-state index contributed by atoms with van der Waals surface area (Å²) in [6, 6.07) is 16.0. The first-order valence-electron chi connectivity index (χ1n) is 6.53. The van der Waals surface area contributed by atoms with E-state index in [0.29, 0.717) is 11.1 Å². The summed E-state index contributed by atoms with van der Waals surface area (Å²) < 4.78 is 10.1. The smallest absolute Gasteiger partial charge is 0.385 e. The van der Waals surface area contributed by atoms with Crippen molar-refractivity contribution in [1.29, 1.82) is 5.26 Å². The molecule has 0 aromatic heterocycles. The van der Waals surface area contributed by atoms with E-state index in [1.165, 1.54) is 0 Å². The Kier molecular flexibility index (Phi) is 5.18. The predicted octanol–water partition coefficient (Wildman–Crippen LogP) is 2.66.